The fourth-order valence-corrected chi connectivity index (χ4v) is 3.84. The van der Waals surface area contributed by atoms with Gasteiger partial charge in [-0.15, -0.1) is 0 Å². The number of carbonyl (C=O) groups is 1. The van der Waals surface area contributed by atoms with Crippen LogP contribution >= 0.6 is 11.6 Å². The monoisotopic (exact) mass is 387 g/mol. The minimum absolute atomic E-state index is 0.0377. The quantitative estimate of drug-likeness (QED) is 0.821. The Bertz CT molecular complexity index is 790. The molecule has 6 nitrogen and oxygen atoms in total. The number of benzene rings is 1. The van der Waals surface area contributed by atoms with E-state index in [2.05, 4.69) is 20.2 Å². The van der Waals surface area contributed by atoms with Crippen LogP contribution in [0.1, 0.15) is 53.3 Å². The molecule has 144 valence electrons. The molecule has 0 aliphatic carbocycles. The number of anilines is 1. The first kappa shape index (κ1) is 19.6. The third kappa shape index (κ3) is 4.96. The molecule has 1 atom stereocenters. The van der Waals surface area contributed by atoms with Gasteiger partial charge in [-0.05, 0) is 44.5 Å². The van der Waals surface area contributed by atoms with E-state index in [1.807, 2.05) is 24.3 Å². The first-order valence-corrected chi connectivity index (χ1v) is 9.80. The van der Waals surface area contributed by atoms with E-state index in [-0.39, 0.29) is 17.9 Å². The molecular formula is C20H26ClN5O. The first-order valence-electron chi connectivity index (χ1n) is 9.42. The van der Waals surface area contributed by atoms with Gasteiger partial charge < -0.3 is 11.1 Å². The Morgan fingerprint density at radius 1 is 1.26 bits per heavy atom. The van der Waals surface area contributed by atoms with Crippen LogP contribution in [0.2, 0.25) is 5.02 Å². The van der Waals surface area contributed by atoms with Crippen LogP contribution in [-0.4, -0.2) is 40.4 Å². The topological polar surface area (TPSA) is 84.1 Å². The summed E-state index contributed by atoms with van der Waals surface area (Å²) in [6.07, 6.45) is 6.31. The molecule has 0 spiro atoms. The van der Waals surface area contributed by atoms with Gasteiger partial charge in [-0.2, -0.15) is 0 Å². The van der Waals surface area contributed by atoms with E-state index in [9.17, 15) is 4.79 Å². The molecule has 3 rings (SSSR count). The number of likely N-dealkylation sites (tertiary alicyclic amines) is 1. The molecule has 1 aromatic carbocycles. The number of hydrogen-bond acceptors (Lipinski definition) is 5. The SMILES string of the molecule is Cc1nc(N)ncc1C(=O)NC[C@H](c1ccccc1Cl)N1CCCCCC1. The normalized spacial score (nSPS) is 16.5. The molecule has 1 aliphatic rings. The number of aromatic nitrogens is 2. The molecule has 1 aliphatic heterocycles. The van der Waals surface area contributed by atoms with Crippen LogP contribution in [0, 0.1) is 6.92 Å². The number of carbonyl (C=O) groups excluding carboxylic acids is 1. The van der Waals surface area contributed by atoms with Gasteiger partial charge in [0.15, 0.2) is 0 Å². The fourth-order valence-electron chi connectivity index (χ4n) is 3.58. The molecule has 0 unspecified atom stereocenters. The molecule has 27 heavy (non-hydrogen) atoms. The third-order valence-corrected chi connectivity index (χ3v) is 5.39. The van der Waals surface area contributed by atoms with Crippen LogP contribution < -0.4 is 11.1 Å². The molecule has 0 bridgehead atoms. The first-order chi connectivity index (χ1) is 13.1. The van der Waals surface area contributed by atoms with Crippen molar-refractivity contribution in [3.63, 3.8) is 0 Å². The Hall–Kier alpha value is -2.18. The average molecular weight is 388 g/mol. The molecule has 1 aromatic heterocycles. The second kappa shape index (κ2) is 9.15. The lowest BCUT2D eigenvalue weighted by molar-refractivity contribution is 0.0932. The van der Waals surface area contributed by atoms with Crippen molar-refractivity contribution in [1.29, 1.82) is 0 Å². The van der Waals surface area contributed by atoms with Gasteiger partial charge in [0, 0.05) is 17.8 Å². The summed E-state index contributed by atoms with van der Waals surface area (Å²) in [6.45, 7) is 4.26. The Labute approximate surface area is 165 Å². The van der Waals surface area contributed by atoms with Gasteiger partial charge in [0.2, 0.25) is 5.95 Å². The minimum Gasteiger partial charge on any atom is -0.368 e. The van der Waals surface area contributed by atoms with E-state index in [1.54, 1.807) is 6.92 Å². The van der Waals surface area contributed by atoms with E-state index in [0.717, 1.165) is 23.7 Å². The van der Waals surface area contributed by atoms with Crippen LogP contribution in [0.5, 0.6) is 0 Å². The summed E-state index contributed by atoms with van der Waals surface area (Å²) in [5, 5.41) is 3.77. The van der Waals surface area contributed by atoms with Gasteiger partial charge in [0.25, 0.3) is 5.91 Å². The van der Waals surface area contributed by atoms with E-state index in [4.69, 9.17) is 17.3 Å². The smallest absolute Gasteiger partial charge is 0.254 e. The molecule has 7 heteroatoms. The van der Waals surface area contributed by atoms with E-state index < -0.39 is 0 Å². The van der Waals surface area contributed by atoms with Gasteiger partial charge >= 0.3 is 0 Å². The second-order valence-electron chi connectivity index (χ2n) is 6.92. The Kier molecular flexibility index (Phi) is 6.63. The lowest BCUT2D eigenvalue weighted by Gasteiger charge is -2.31. The summed E-state index contributed by atoms with van der Waals surface area (Å²) < 4.78 is 0. The van der Waals surface area contributed by atoms with Crippen molar-refractivity contribution in [2.75, 3.05) is 25.4 Å². The van der Waals surface area contributed by atoms with E-state index >= 15 is 0 Å². The number of hydrogen-bond donors (Lipinski definition) is 2. The molecule has 1 saturated heterocycles. The number of nitrogen functional groups attached to an aromatic ring is 1. The highest BCUT2D eigenvalue weighted by Crippen LogP contribution is 2.29. The van der Waals surface area contributed by atoms with E-state index in [1.165, 1.54) is 31.9 Å². The van der Waals surface area contributed by atoms with Crippen LogP contribution in [0.3, 0.4) is 0 Å². The van der Waals surface area contributed by atoms with Gasteiger partial charge in [0.1, 0.15) is 0 Å². The van der Waals surface area contributed by atoms with Gasteiger partial charge in [0.05, 0.1) is 17.3 Å². The van der Waals surface area contributed by atoms with Crippen molar-refractivity contribution in [3.8, 4) is 0 Å². The number of nitrogens with one attached hydrogen (secondary N) is 1. The Balaban J connectivity index is 1.78. The maximum absolute atomic E-state index is 12.7. The Morgan fingerprint density at radius 2 is 1.96 bits per heavy atom. The number of aryl methyl sites for hydroxylation is 1. The second-order valence-corrected chi connectivity index (χ2v) is 7.33. The van der Waals surface area contributed by atoms with Gasteiger partial charge in [-0.1, -0.05) is 42.6 Å². The average Bonchev–Trinajstić information content (AvgIpc) is 2.92. The molecule has 2 heterocycles. The summed E-state index contributed by atoms with van der Waals surface area (Å²) in [4.78, 5) is 23.1. The van der Waals surface area contributed by atoms with E-state index in [0.29, 0.717) is 17.8 Å². The molecule has 3 N–H and O–H groups in total. The van der Waals surface area contributed by atoms with Crippen molar-refractivity contribution in [2.24, 2.45) is 0 Å². The van der Waals surface area contributed by atoms with Crippen molar-refractivity contribution in [2.45, 2.75) is 38.6 Å². The third-order valence-electron chi connectivity index (χ3n) is 5.04. The molecule has 2 aromatic rings. The zero-order valence-electron chi connectivity index (χ0n) is 15.6. The molecule has 1 fully saturated rings. The predicted octanol–water partition coefficient (Wildman–Crippen LogP) is 3.37. The molecule has 1 amide bonds. The largest absolute Gasteiger partial charge is 0.368 e. The zero-order valence-corrected chi connectivity index (χ0v) is 16.4. The van der Waals surface area contributed by atoms with Crippen molar-refractivity contribution < 1.29 is 4.79 Å². The van der Waals surface area contributed by atoms with Crippen molar-refractivity contribution in [1.82, 2.24) is 20.2 Å². The number of nitrogens with two attached hydrogens (primary N) is 1. The van der Waals surface area contributed by atoms with Crippen LogP contribution in [0.25, 0.3) is 0 Å². The maximum Gasteiger partial charge on any atom is 0.254 e. The number of rotatable bonds is 5. The van der Waals surface area contributed by atoms with Crippen LogP contribution in [-0.2, 0) is 0 Å². The van der Waals surface area contributed by atoms with Crippen molar-refractivity contribution in [3.05, 3.63) is 52.3 Å². The summed E-state index contributed by atoms with van der Waals surface area (Å²) >= 11 is 6.48. The van der Waals surface area contributed by atoms with Crippen LogP contribution in [0.4, 0.5) is 5.95 Å². The number of amides is 1. The highest BCUT2D eigenvalue weighted by Gasteiger charge is 2.24. The summed E-state index contributed by atoms with van der Waals surface area (Å²) in [6, 6.07) is 7.91. The Morgan fingerprint density at radius 3 is 2.63 bits per heavy atom. The summed E-state index contributed by atoms with van der Waals surface area (Å²) in [7, 11) is 0. The summed E-state index contributed by atoms with van der Waals surface area (Å²) in [5.74, 6) is -0.0260. The summed E-state index contributed by atoms with van der Waals surface area (Å²) in [5.41, 5.74) is 7.64. The number of halogens is 1. The van der Waals surface area contributed by atoms with Gasteiger partial charge in [-0.25, -0.2) is 9.97 Å². The number of nitrogens with zero attached hydrogens (tertiary/aromatic N) is 3. The maximum atomic E-state index is 12.7. The highest BCUT2D eigenvalue weighted by atomic mass is 35.5. The highest BCUT2D eigenvalue weighted by molar-refractivity contribution is 6.31. The van der Waals surface area contributed by atoms with Crippen molar-refractivity contribution >= 4 is 23.5 Å². The standard InChI is InChI=1S/C20H26ClN5O/c1-14-16(12-24-20(22)25-14)19(27)23-13-18(15-8-4-5-9-17(15)21)26-10-6-2-3-7-11-26/h4-5,8-9,12,18H,2-3,6-7,10-11,13H2,1H3,(H,23,27)(H2,22,24,25)/t18-/m1/s1. The molecular weight excluding hydrogens is 362 g/mol. The lowest BCUT2D eigenvalue weighted by Crippen LogP contribution is -2.39. The molecule has 0 radical (unpaired) electrons. The molecule has 0 saturated carbocycles. The van der Waals surface area contributed by atoms with Gasteiger partial charge in [-0.3, -0.25) is 9.69 Å². The zero-order chi connectivity index (χ0) is 19.2. The predicted molar refractivity (Wildman–Crippen MR) is 108 cm³/mol. The van der Waals surface area contributed by atoms with Crippen LogP contribution in [0.15, 0.2) is 30.5 Å². The lowest BCUT2D eigenvalue weighted by atomic mass is 10.0. The fraction of sp³-hybridized carbons (Fsp3) is 0.450. The minimum atomic E-state index is -0.195.